The van der Waals surface area contributed by atoms with Gasteiger partial charge in [0.15, 0.2) is 0 Å². The van der Waals surface area contributed by atoms with Gasteiger partial charge >= 0.3 is 0 Å². The number of hydrogen-bond acceptors (Lipinski definition) is 0. The van der Waals surface area contributed by atoms with E-state index in [-0.39, 0.29) is 0 Å². The van der Waals surface area contributed by atoms with E-state index in [2.05, 4.69) is 45.9 Å². The van der Waals surface area contributed by atoms with Gasteiger partial charge in [-0.3, -0.25) is 0 Å². The van der Waals surface area contributed by atoms with Crippen molar-refractivity contribution in [2.45, 2.75) is 46.5 Å². The molecule has 1 aromatic carbocycles. The maximum Gasteiger partial charge on any atom is -0.00578 e. The molecule has 0 aliphatic heterocycles. The number of aryl methyl sites for hydroxylation is 1. The van der Waals surface area contributed by atoms with E-state index in [1.165, 1.54) is 28.7 Å². The summed E-state index contributed by atoms with van der Waals surface area (Å²) in [6.07, 6.45) is 4.70. The highest BCUT2D eigenvalue weighted by Crippen LogP contribution is 2.34. The van der Waals surface area contributed by atoms with Gasteiger partial charge in [-0.1, -0.05) is 44.6 Å². The van der Waals surface area contributed by atoms with Crippen LogP contribution in [0.1, 0.15) is 55.9 Å². The molecule has 1 aliphatic rings. The minimum absolute atomic E-state index is 0.631. The second-order valence-corrected chi connectivity index (χ2v) is 4.88. The maximum absolute atomic E-state index is 2.38. The fourth-order valence-corrected chi connectivity index (χ4v) is 2.52. The zero-order valence-electron chi connectivity index (χ0n) is 10.2. The predicted molar refractivity (Wildman–Crippen MR) is 67.3 cm³/mol. The number of fused-ring (bicyclic) bond motifs is 1. The van der Waals surface area contributed by atoms with Crippen LogP contribution in [0, 0.1) is 0 Å². The van der Waals surface area contributed by atoms with Gasteiger partial charge in [0.05, 0.1) is 0 Å². The van der Waals surface area contributed by atoms with Gasteiger partial charge in [-0.15, -0.1) is 0 Å². The van der Waals surface area contributed by atoms with Gasteiger partial charge in [-0.25, -0.2) is 0 Å². The zero-order valence-corrected chi connectivity index (χ0v) is 10.2. The van der Waals surface area contributed by atoms with E-state index in [0.29, 0.717) is 5.92 Å². The van der Waals surface area contributed by atoms with Crippen molar-refractivity contribution in [3.63, 3.8) is 0 Å². The van der Waals surface area contributed by atoms with E-state index in [1.807, 2.05) is 0 Å². The van der Waals surface area contributed by atoms with Gasteiger partial charge in [0.1, 0.15) is 0 Å². The Labute approximate surface area is 93.0 Å². The Morgan fingerprint density at radius 1 is 1.27 bits per heavy atom. The van der Waals surface area contributed by atoms with Crippen LogP contribution in [0.4, 0.5) is 0 Å². The molecule has 0 heterocycles. The average molecular weight is 200 g/mol. The molecule has 80 valence electrons. The summed E-state index contributed by atoms with van der Waals surface area (Å²) in [5, 5.41) is 0. The van der Waals surface area contributed by atoms with Crippen molar-refractivity contribution in [2.75, 3.05) is 0 Å². The molecule has 15 heavy (non-hydrogen) atoms. The van der Waals surface area contributed by atoms with Gasteiger partial charge in [0, 0.05) is 0 Å². The molecule has 0 nitrogen and oxygen atoms in total. The first kappa shape index (κ1) is 10.5. The SMILES string of the molecule is CCc1ccc(C(C)C)c2c1CC(C)=C2. The molecule has 0 radical (unpaired) electrons. The lowest BCUT2D eigenvalue weighted by Gasteiger charge is -2.14. The monoisotopic (exact) mass is 200 g/mol. The van der Waals surface area contributed by atoms with Crippen molar-refractivity contribution < 1.29 is 0 Å². The van der Waals surface area contributed by atoms with Crippen LogP contribution in [-0.4, -0.2) is 0 Å². The van der Waals surface area contributed by atoms with Crippen LogP contribution in [0.3, 0.4) is 0 Å². The fraction of sp³-hybridized carbons (Fsp3) is 0.467. The van der Waals surface area contributed by atoms with Crippen LogP contribution in [0.15, 0.2) is 17.7 Å². The van der Waals surface area contributed by atoms with Gasteiger partial charge in [-0.2, -0.15) is 0 Å². The van der Waals surface area contributed by atoms with Crippen LogP contribution >= 0.6 is 0 Å². The Bertz CT molecular complexity index is 408. The van der Waals surface area contributed by atoms with Crippen LogP contribution < -0.4 is 0 Å². The second-order valence-electron chi connectivity index (χ2n) is 4.88. The lowest BCUT2D eigenvalue weighted by molar-refractivity contribution is 0.859. The third kappa shape index (κ3) is 1.73. The third-order valence-electron chi connectivity index (χ3n) is 3.34. The molecule has 0 fully saturated rings. The third-order valence-corrected chi connectivity index (χ3v) is 3.34. The van der Waals surface area contributed by atoms with Crippen LogP contribution in [0.2, 0.25) is 0 Å². The Balaban J connectivity index is 2.59. The topological polar surface area (TPSA) is 0 Å². The molecule has 0 N–H and O–H groups in total. The van der Waals surface area contributed by atoms with Crippen LogP contribution in [-0.2, 0) is 12.8 Å². The minimum atomic E-state index is 0.631. The second kappa shape index (κ2) is 3.84. The van der Waals surface area contributed by atoms with Crippen molar-refractivity contribution in [3.05, 3.63) is 40.0 Å². The molecule has 0 spiro atoms. The Kier molecular flexibility index (Phi) is 2.68. The summed E-state index contributed by atoms with van der Waals surface area (Å²) in [6.45, 7) is 9.05. The molecule has 0 amide bonds. The molecule has 0 atom stereocenters. The first-order valence-electron chi connectivity index (χ1n) is 5.95. The Hall–Kier alpha value is -1.04. The molecule has 1 aliphatic carbocycles. The van der Waals surface area contributed by atoms with E-state index in [1.54, 1.807) is 5.56 Å². The summed E-state index contributed by atoms with van der Waals surface area (Å²) >= 11 is 0. The lowest BCUT2D eigenvalue weighted by atomic mass is 9.91. The summed E-state index contributed by atoms with van der Waals surface area (Å²) in [6, 6.07) is 4.64. The van der Waals surface area contributed by atoms with E-state index in [0.717, 1.165) is 6.42 Å². The van der Waals surface area contributed by atoms with Gasteiger partial charge in [0.25, 0.3) is 0 Å². The van der Waals surface area contributed by atoms with Crippen molar-refractivity contribution in [1.82, 2.24) is 0 Å². The van der Waals surface area contributed by atoms with Gasteiger partial charge < -0.3 is 0 Å². The van der Waals surface area contributed by atoms with Crippen molar-refractivity contribution in [2.24, 2.45) is 0 Å². The maximum atomic E-state index is 2.38. The molecule has 1 aromatic rings. The molecule has 2 rings (SSSR count). The van der Waals surface area contributed by atoms with Crippen molar-refractivity contribution >= 4 is 6.08 Å². The summed E-state index contributed by atoms with van der Waals surface area (Å²) in [4.78, 5) is 0. The first-order valence-corrected chi connectivity index (χ1v) is 5.95. The first-order chi connectivity index (χ1) is 7.13. The molecule has 0 heteroatoms. The lowest BCUT2D eigenvalue weighted by Crippen LogP contribution is -1.98. The number of allylic oxidation sites excluding steroid dienone is 1. The van der Waals surface area contributed by atoms with Gasteiger partial charge in [0.2, 0.25) is 0 Å². The van der Waals surface area contributed by atoms with Crippen molar-refractivity contribution in [3.8, 4) is 0 Å². The summed E-state index contributed by atoms with van der Waals surface area (Å²) < 4.78 is 0. The molecular weight excluding hydrogens is 180 g/mol. The standard InChI is InChI=1S/C15H20/c1-5-12-6-7-13(10(2)3)15-9-11(4)8-14(12)15/h6-7,9-10H,5,8H2,1-4H3. The molecular formula is C15H20. The zero-order chi connectivity index (χ0) is 11.0. The molecule has 0 saturated heterocycles. The van der Waals surface area contributed by atoms with Crippen LogP contribution in [0.25, 0.3) is 6.08 Å². The summed E-state index contributed by atoms with van der Waals surface area (Å²) in [5.41, 5.74) is 7.65. The smallest absolute Gasteiger partial charge is 0.00578 e. The van der Waals surface area contributed by atoms with Gasteiger partial charge in [-0.05, 0) is 47.9 Å². The highest BCUT2D eigenvalue weighted by Gasteiger charge is 2.17. The molecule has 0 aromatic heterocycles. The average Bonchev–Trinajstić information content (AvgIpc) is 2.56. The largest absolute Gasteiger partial charge is 0.0683 e. The van der Waals surface area contributed by atoms with E-state index in [4.69, 9.17) is 0 Å². The Morgan fingerprint density at radius 3 is 2.60 bits per heavy atom. The molecule has 0 saturated carbocycles. The highest BCUT2D eigenvalue weighted by molar-refractivity contribution is 5.68. The number of rotatable bonds is 2. The summed E-state index contributed by atoms with van der Waals surface area (Å²) in [5.74, 6) is 0.631. The fourth-order valence-electron chi connectivity index (χ4n) is 2.52. The van der Waals surface area contributed by atoms with Crippen molar-refractivity contribution in [1.29, 1.82) is 0 Å². The molecule has 0 bridgehead atoms. The number of hydrogen-bond donors (Lipinski definition) is 0. The predicted octanol–water partition coefficient (Wildman–Crippen LogP) is 4.33. The minimum Gasteiger partial charge on any atom is -0.0683 e. The normalized spacial score (nSPS) is 14.3. The van der Waals surface area contributed by atoms with Crippen LogP contribution in [0.5, 0.6) is 0 Å². The Morgan fingerprint density at radius 2 is 2.00 bits per heavy atom. The van der Waals surface area contributed by atoms with E-state index >= 15 is 0 Å². The number of benzene rings is 1. The van der Waals surface area contributed by atoms with E-state index < -0.39 is 0 Å². The molecule has 0 unspecified atom stereocenters. The quantitative estimate of drug-likeness (QED) is 0.666. The summed E-state index contributed by atoms with van der Waals surface area (Å²) in [7, 11) is 0. The highest BCUT2D eigenvalue weighted by atomic mass is 14.2. The van der Waals surface area contributed by atoms with E-state index in [9.17, 15) is 0 Å².